The number of nitrogens with zero attached hydrogens (tertiary/aromatic N) is 1. The van der Waals surface area contributed by atoms with E-state index in [2.05, 4.69) is 34.2 Å². The van der Waals surface area contributed by atoms with Crippen LogP contribution < -0.4 is 10.6 Å². The van der Waals surface area contributed by atoms with Crippen molar-refractivity contribution in [1.82, 2.24) is 4.98 Å². The van der Waals surface area contributed by atoms with Crippen LogP contribution in [-0.4, -0.2) is 24.7 Å². The number of pyridine rings is 1. The molecule has 0 unspecified atom stereocenters. The zero-order valence-electron chi connectivity index (χ0n) is 9.78. The van der Waals surface area contributed by atoms with E-state index < -0.39 is 6.09 Å². The quantitative estimate of drug-likeness (QED) is 0.822. The third-order valence-electron chi connectivity index (χ3n) is 1.89. The Balaban J connectivity index is 2.51. The van der Waals surface area contributed by atoms with Crippen LogP contribution in [0.1, 0.15) is 13.8 Å². The van der Waals surface area contributed by atoms with Crippen LogP contribution in [0.5, 0.6) is 0 Å². The Labute approximate surface area is 95.2 Å². The average molecular weight is 223 g/mol. The van der Waals surface area contributed by atoms with E-state index in [0.717, 1.165) is 12.4 Å². The second-order valence-electron chi connectivity index (χ2n) is 3.82. The van der Waals surface area contributed by atoms with Gasteiger partial charge >= 0.3 is 6.09 Å². The van der Waals surface area contributed by atoms with Gasteiger partial charge in [0.1, 0.15) is 5.82 Å². The predicted octanol–water partition coefficient (Wildman–Crippen LogP) is 2.33. The van der Waals surface area contributed by atoms with E-state index >= 15 is 0 Å². The lowest BCUT2D eigenvalue weighted by Gasteiger charge is -2.08. The lowest BCUT2D eigenvalue weighted by atomic mass is 10.2. The van der Waals surface area contributed by atoms with Gasteiger partial charge in [0.05, 0.1) is 19.0 Å². The molecule has 5 heteroatoms. The standard InChI is InChI=1S/C11H17N3O2/c1-8(2)6-12-10-5-4-9(7-13-10)14-11(15)16-3/h4-5,7-8H,6H2,1-3H3,(H,12,13)(H,14,15). The SMILES string of the molecule is COC(=O)Nc1ccc(NCC(C)C)nc1. The maximum atomic E-state index is 10.9. The van der Waals surface area contributed by atoms with Crippen LogP contribution in [0.15, 0.2) is 18.3 Å². The summed E-state index contributed by atoms with van der Waals surface area (Å²) >= 11 is 0. The Kier molecular flexibility index (Phi) is 4.57. The normalized spacial score (nSPS) is 10.0. The molecule has 1 amide bonds. The summed E-state index contributed by atoms with van der Waals surface area (Å²) in [6.07, 6.45) is 1.09. The molecule has 2 N–H and O–H groups in total. The van der Waals surface area contributed by atoms with Crippen molar-refractivity contribution in [3.63, 3.8) is 0 Å². The first-order valence-corrected chi connectivity index (χ1v) is 5.16. The Bertz CT molecular complexity index is 336. The van der Waals surface area contributed by atoms with Gasteiger partial charge in [0.2, 0.25) is 0 Å². The summed E-state index contributed by atoms with van der Waals surface area (Å²) in [4.78, 5) is 15.1. The molecule has 16 heavy (non-hydrogen) atoms. The van der Waals surface area contributed by atoms with Crippen LogP contribution in [-0.2, 0) is 4.74 Å². The van der Waals surface area contributed by atoms with Gasteiger partial charge in [0.15, 0.2) is 0 Å². The Morgan fingerprint density at radius 3 is 2.75 bits per heavy atom. The van der Waals surface area contributed by atoms with E-state index in [0.29, 0.717) is 11.6 Å². The average Bonchev–Trinajstić information content (AvgIpc) is 2.28. The first-order chi connectivity index (χ1) is 7.61. The molecule has 0 aliphatic heterocycles. The zero-order chi connectivity index (χ0) is 12.0. The predicted molar refractivity (Wildman–Crippen MR) is 63.6 cm³/mol. The largest absolute Gasteiger partial charge is 0.453 e. The topological polar surface area (TPSA) is 63.2 Å². The molecule has 0 bridgehead atoms. The first kappa shape index (κ1) is 12.3. The van der Waals surface area contributed by atoms with Crippen molar-refractivity contribution in [1.29, 1.82) is 0 Å². The number of anilines is 2. The van der Waals surface area contributed by atoms with Gasteiger partial charge in [-0.3, -0.25) is 5.32 Å². The molecule has 0 aliphatic rings. The summed E-state index contributed by atoms with van der Waals surface area (Å²) in [6.45, 7) is 5.12. The van der Waals surface area contributed by atoms with E-state index in [9.17, 15) is 4.79 Å². The van der Waals surface area contributed by atoms with Crippen LogP contribution in [0, 0.1) is 5.92 Å². The summed E-state index contributed by atoms with van der Waals surface area (Å²) in [5, 5.41) is 5.72. The van der Waals surface area contributed by atoms with Crippen LogP contribution in [0.4, 0.5) is 16.3 Å². The molecule has 88 valence electrons. The van der Waals surface area contributed by atoms with Crippen molar-refractivity contribution in [2.75, 3.05) is 24.3 Å². The molecular formula is C11H17N3O2. The summed E-state index contributed by atoms with van der Waals surface area (Å²) < 4.78 is 4.47. The third kappa shape index (κ3) is 4.16. The highest BCUT2D eigenvalue weighted by Crippen LogP contribution is 2.10. The molecule has 1 heterocycles. The van der Waals surface area contributed by atoms with Crippen molar-refractivity contribution >= 4 is 17.6 Å². The molecule has 0 saturated heterocycles. The molecule has 0 spiro atoms. The third-order valence-corrected chi connectivity index (χ3v) is 1.89. The molecule has 1 rings (SSSR count). The molecule has 1 aromatic heterocycles. The van der Waals surface area contributed by atoms with Gasteiger partial charge < -0.3 is 10.1 Å². The molecule has 0 fully saturated rings. The minimum atomic E-state index is -0.496. The van der Waals surface area contributed by atoms with Crippen LogP contribution in [0.2, 0.25) is 0 Å². The number of aromatic nitrogens is 1. The van der Waals surface area contributed by atoms with Crippen molar-refractivity contribution in [3.8, 4) is 0 Å². The monoisotopic (exact) mass is 223 g/mol. The van der Waals surface area contributed by atoms with Crippen LogP contribution in [0.25, 0.3) is 0 Å². The van der Waals surface area contributed by atoms with E-state index in [-0.39, 0.29) is 0 Å². The van der Waals surface area contributed by atoms with Crippen molar-refractivity contribution < 1.29 is 9.53 Å². The molecule has 0 saturated carbocycles. The van der Waals surface area contributed by atoms with Crippen molar-refractivity contribution in [3.05, 3.63) is 18.3 Å². The molecule has 0 radical (unpaired) electrons. The van der Waals surface area contributed by atoms with Gasteiger partial charge in [-0.25, -0.2) is 9.78 Å². The van der Waals surface area contributed by atoms with Gasteiger partial charge in [0.25, 0.3) is 0 Å². The number of methoxy groups -OCH3 is 1. The van der Waals surface area contributed by atoms with E-state index in [1.165, 1.54) is 7.11 Å². The number of carbonyl (C=O) groups is 1. The van der Waals surface area contributed by atoms with Gasteiger partial charge in [-0.05, 0) is 18.1 Å². The van der Waals surface area contributed by atoms with Gasteiger partial charge in [-0.15, -0.1) is 0 Å². The van der Waals surface area contributed by atoms with Gasteiger partial charge in [-0.2, -0.15) is 0 Å². The highest BCUT2D eigenvalue weighted by atomic mass is 16.5. The van der Waals surface area contributed by atoms with E-state index in [1.54, 1.807) is 12.3 Å². The van der Waals surface area contributed by atoms with Gasteiger partial charge in [0, 0.05) is 6.54 Å². The number of rotatable bonds is 4. The highest BCUT2D eigenvalue weighted by molar-refractivity contribution is 5.84. The fourth-order valence-corrected chi connectivity index (χ4v) is 1.05. The lowest BCUT2D eigenvalue weighted by Crippen LogP contribution is -2.12. The second kappa shape index (κ2) is 5.95. The van der Waals surface area contributed by atoms with Crippen LogP contribution in [0.3, 0.4) is 0 Å². The highest BCUT2D eigenvalue weighted by Gasteiger charge is 2.01. The van der Waals surface area contributed by atoms with Crippen LogP contribution >= 0.6 is 0 Å². The Hall–Kier alpha value is -1.78. The molecule has 5 nitrogen and oxygen atoms in total. The number of hydrogen-bond acceptors (Lipinski definition) is 4. The second-order valence-corrected chi connectivity index (χ2v) is 3.82. The molecular weight excluding hydrogens is 206 g/mol. The number of carbonyl (C=O) groups excluding carboxylic acids is 1. The fraction of sp³-hybridized carbons (Fsp3) is 0.455. The molecule has 0 aliphatic carbocycles. The van der Waals surface area contributed by atoms with E-state index in [1.807, 2.05) is 6.07 Å². The molecule has 0 aromatic carbocycles. The Morgan fingerprint density at radius 1 is 1.50 bits per heavy atom. The maximum Gasteiger partial charge on any atom is 0.411 e. The number of nitrogens with one attached hydrogen (secondary N) is 2. The molecule has 1 aromatic rings. The smallest absolute Gasteiger partial charge is 0.411 e. The Morgan fingerprint density at radius 2 is 2.25 bits per heavy atom. The minimum Gasteiger partial charge on any atom is -0.453 e. The van der Waals surface area contributed by atoms with E-state index in [4.69, 9.17) is 0 Å². The summed E-state index contributed by atoms with van der Waals surface area (Å²) in [6, 6.07) is 3.58. The molecule has 0 atom stereocenters. The number of amides is 1. The zero-order valence-corrected chi connectivity index (χ0v) is 9.78. The van der Waals surface area contributed by atoms with Crippen molar-refractivity contribution in [2.24, 2.45) is 5.92 Å². The minimum absolute atomic E-state index is 0.496. The van der Waals surface area contributed by atoms with Crippen molar-refractivity contribution in [2.45, 2.75) is 13.8 Å². The summed E-state index contributed by atoms with van der Waals surface area (Å²) in [5.74, 6) is 1.36. The fourth-order valence-electron chi connectivity index (χ4n) is 1.05. The number of hydrogen-bond donors (Lipinski definition) is 2. The van der Waals surface area contributed by atoms with Gasteiger partial charge in [-0.1, -0.05) is 13.8 Å². The maximum absolute atomic E-state index is 10.9. The summed E-state index contributed by atoms with van der Waals surface area (Å²) in [7, 11) is 1.32. The first-order valence-electron chi connectivity index (χ1n) is 5.16. The number of ether oxygens (including phenoxy) is 1. The summed E-state index contributed by atoms with van der Waals surface area (Å²) in [5.41, 5.74) is 0.613. The lowest BCUT2D eigenvalue weighted by molar-refractivity contribution is 0.187.